The maximum Gasteiger partial charge on any atom is 0.269 e. The average Bonchev–Trinajstić information content (AvgIpc) is 2.40. The molecule has 18 heavy (non-hydrogen) atoms. The number of nitro benzene ring substituents is 1. The fraction of sp³-hybridized carbons (Fsp3) is 0.0769. The number of halogens is 2. The fourth-order valence-electron chi connectivity index (χ4n) is 1.61. The monoisotopic (exact) mass is 369 g/mol. The maximum absolute atomic E-state index is 10.6. The van der Waals surface area contributed by atoms with Gasteiger partial charge in [0.1, 0.15) is 3.23 Å². The molecule has 0 bridgehead atoms. The second-order valence-electron chi connectivity index (χ2n) is 3.74. The van der Waals surface area contributed by atoms with Crippen molar-refractivity contribution in [2.45, 2.75) is 3.23 Å². The molecule has 2 rings (SSSR count). The van der Waals surface area contributed by atoms with E-state index in [-0.39, 0.29) is 5.69 Å². The van der Waals surface area contributed by atoms with Crippen LogP contribution in [-0.2, 0) is 3.23 Å². The van der Waals surface area contributed by atoms with Gasteiger partial charge < -0.3 is 0 Å². The van der Waals surface area contributed by atoms with E-state index in [2.05, 4.69) is 31.9 Å². The van der Waals surface area contributed by atoms with E-state index in [1.807, 2.05) is 30.3 Å². The summed E-state index contributed by atoms with van der Waals surface area (Å²) in [4.78, 5) is 10.2. The fourth-order valence-corrected chi connectivity index (χ4v) is 2.66. The van der Waals surface area contributed by atoms with Crippen LogP contribution in [0.3, 0.4) is 0 Å². The van der Waals surface area contributed by atoms with E-state index in [4.69, 9.17) is 0 Å². The molecule has 0 aromatic heterocycles. The molecule has 0 amide bonds. The Morgan fingerprint density at radius 2 is 1.39 bits per heavy atom. The van der Waals surface area contributed by atoms with Crippen molar-refractivity contribution < 1.29 is 4.92 Å². The van der Waals surface area contributed by atoms with Gasteiger partial charge in [0.2, 0.25) is 0 Å². The van der Waals surface area contributed by atoms with Crippen LogP contribution in [0.5, 0.6) is 0 Å². The Balaban J connectivity index is 2.39. The van der Waals surface area contributed by atoms with Crippen LogP contribution in [0.15, 0.2) is 54.6 Å². The van der Waals surface area contributed by atoms with E-state index in [0.717, 1.165) is 11.1 Å². The van der Waals surface area contributed by atoms with Crippen molar-refractivity contribution in [1.82, 2.24) is 0 Å². The minimum atomic E-state index is -0.531. The van der Waals surface area contributed by atoms with E-state index < -0.39 is 8.16 Å². The van der Waals surface area contributed by atoms with Crippen molar-refractivity contribution in [3.63, 3.8) is 0 Å². The minimum Gasteiger partial charge on any atom is -0.258 e. The summed E-state index contributed by atoms with van der Waals surface area (Å²) < 4.78 is -0.531. The van der Waals surface area contributed by atoms with Crippen LogP contribution in [-0.4, -0.2) is 4.92 Å². The summed E-state index contributed by atoms with van der Waals surface area (Å²) in [5.41, 5.74) is 2.01. The lowest BCUT2D eigenvalue weighted by Crippen LogP contribution is -2.10. The third kappa shape index (κ3) is 2.62. The molecule has 0 aliphatic carbocycles. The predicted molar refractivity (Wildman–Crippen MR) is 78.2 cm³/mol. The summed E-state index contributed by atoms with van der Waals surface area (Å²) in [6, 6.07) is 16.2. The lowest BCUT2D eigenvalue weighted by atomic mass is 10.0. The van der Waals surface area contributed by atoms with Crippen molar-refractivity contribution in [1.29, 1.82) is 0 Å². The second kappa shape index (κ2) is 5.20. The van der Waals surface area contributed by atoms with Crippen molar-refractivity contribution in [2.75, 3.05) is 0 Å². The van der Waals surface area contributed by atoms with E-state index in [0.29, 0.717) is 0 Å². The van der Waals surface area contributed by atoms with Gasteiger partial charge in [-0.2, -0.15) is 0 Å². The molecule has 0 N–H and O–H groups in total. The van der Waals surface area contributed by atoms with Crippen LogP contribution in [0.2, 0.25) is 0 Å². The summed E-state index contributed by atoms with van der Waals surface area (Å²) in [6.07, 6.45) is 0. The Hall–Kier alpha value is -1.20. The summed E-state index contributed by atoms with van der Waals surface area (Å²) in [5, 5.41) is 10.6. The number of alkyl halides is 2. The van der Waals surface area contributed by atoms with Gasteiger partial charge >= 0.3 is 0 Å². The molecule has 0 radical (unpaired) electrons. The highest BCUT2D eigenvalue weighted by Gasteiger charge is 2.27. The number of nitro groups is 1. The summed E-state index contributed by atoms with van der Waals surface area (Å²) >= 11 is 7.21. The molecule has 0 saturated carbocycles. The maximum atomic E-state index is 10.6. The molecule has 2 aromatic carbocycles. The van der Waals surface area contributed by atoms with E-state index in [9.17, 15) is 10.1 Å². The van der Waals surface area contributed by atoms with Gasteiger partial charge in [-0.3, -0.25) is 10.1 Å². The van der Waals surface area contributed by atoms with Crippen molar-refractivity contribution in [2.24, 2.45) is 0 Å². The Morgan fingerprint density at radius 3 is 1.89 bits per heavy atom. The summed E-state index contributed by atoms with van der Waals surface area (Å²) in [6.45, 7) is 0. The van der Waals surface area contributed by atoms with Gasteiger partial charge in [-0.15, -0.1) is 0 Å². The summed E-state index contributed by atoms with van der Waals surface area (Å²) in [7, 11) is 0. The molecule has 0 saturated heterocycles. The first-order chi connectivity index (χ1) is 8.51. The SMILES string of the molecule is O=[N+]([O-])c1ccc(C(Br)(Br)c2ccccc2)cc1. The van der Waals surface area contributed by atoms with Gasteiger partial charge in [0.15, 0.2) is 0 Å². The largest absolute Gasteiger partial charge is 0.269 e. The molecule has 3 nitrogen and oxygen atoms in total. The number of benzene rings is 2. The van der Waals surface area contributed by atoms with Gasteiger partial charge in [-0.25, -0.2) is 0 Å². The molecule has 92 valence electrons. The second-order valence-corrected chi connectivity index (χ2v) is 7.19. The third-order valence-electron chi connectivity index (χ3n) is 2.58. The quantitative estimate of drug-likeness (QED) is 0.450. The zero-order valence-electron chi connectivity index (χ0n) is 9.22. The van der Waals surface area contributed by atoms with Gasteiger partial charge in [0, 0.05) is 12.1 Å². The van der Waals surface area contributed by atoms with Gasteiger partial charge in [0.25, 0.3) is 5.69 Å². The lowest BCUT2D eigenvalue weighted by molar-refractivity contribution is -0.384. The highest BCUT2D eigenvalue weighted by molar-refractivity contribution is 9.25. The first-order valence-electron chi connectivity index (χ1n) is 5.20. The number of nitrogens with zero attached hydrogens (tertiary/aromatic N) is 1. The van der Waals surface area contributed by atoms with Crippen LogP contribution < -0.4 is 0 Å². The first-order valence-corrected chi connectivity index (χ1v) is 6.78. The number of hydrogen-bond acceptors (Lipinski definition) is 2. The molecule has 0 heterocycles. The minimum absolute atomic E-state index is 0.0858. The first kappa shape index (κ1) is 13.2. The Bertz CT molecular complexity index is 553. The van der Waals surface area contributed by atoms with Crippen LogP contribution in [0, 0.1) is 10.1 Å². The molecule has 0 fully saturated rings. The zero-order valence-corrected chi connectivity index (χ0v) is 12.4. The lowest BCUT2D eigenvalue weighted by Gasteiger charge is -2.21. The van der Waals surface area contributed by atoms with E-state index in [1.54, 1.807) is 12.1 Å². The van der Waals surface area contributed by atoms with Crippen LogP contribution in [0.1, 0.15) is 11.1 Å². The van der Waals surface area contributed by atoms with Crippen LogP contribution in [0.25, 0.3) is 0 Å². The van der Waals surface area contributed by atoms with Crippen LogP contribution >= 0.6 is 31.9 Å². The molecule has 0 aliphatic heterocycles. The standard InChI is InChI=1S/C13H9Br2NO2/c14-13(15,10-4-2-1-3-5-10)11-6-8-12(9-7-11)16(17)18/h1-9H. The third-order valence-corrected chi connectivity index (χ3v) is 4.41. The topological polar surface area (TPSA) is 43.1 Å². The Kier molecular flexibility index (Phi) is 3.82. The van der Waals surface area contributed by atoms with Crippen molar-refractivity contribution in [3.8, 4) is 0 Å². The smallest absolute Gasteiger partial charge is 0.258 e. The van der Waals surface area contributed by atoms with Crippen LogP contribution in [0.4, 0.5) is 5.69 Å². The zero-order chi connectivity index (χ0) is 13.2. The van der Waals surface area contributed by atoms with E-state index >= 15 is 0 Å². The molecular formula is C13H9Br2NO2. The van der Waals surface area contributed by atoms with E-state index in [1.165, 1.54) is 12.1 Å². The molecule has 0 spiro atoms. The van der Waals surface area contributed by atoms with Crippen molar-refractivity contribution in [3.05, 3.63) is 75.8 Å². The molecular weight excluding hydrogens is 362 g/mol. The molecule has 0 aliphatic rings. The highest BCUT2D eigenvalue weighted by Crippen LogP contribution is 2.44. The van der Waals surface area contributed by atoms with Gasteiger partial charge in [-0.05, 0) is 23.3 Å². The Labute approximate surface area is 121 Å². The predicted octanol–water partition coefficient (Wildman–Crippen LogP) is 4.59. The van der Waals surface area contributed by atoms with Crippen molar-refractivity contribution >= 4 is 37.5 Å². The average molecular weight is 371 g/mol. The Morgan fingerprint density at radius 1 is 0.889 bits per heavy atom. The molecule has 0 unspecified atom stereocenters. The highest BCUT2D eigenvalue weighted by atomic mass is 79.9. The summed E-state index contributed by atoms with van der Waals surface area (Å²) in [5.74, 6) is 0. The normalized spacial score (nSPS) is 11.2. The van der Waals surface area contributed by atoms with Gasteiger partial charge in [-0.1, -0.05) is 62.2 Å². The number of rotatable bonds is 3. The number of non-ortho nitro benzene ring substituents is 1. The molecule has 0 atom stereocenters. The number of hydrogen-bond donors (Lipinski definition) is 0. The molecule has 2 aromatic rings. The molecule has 5 heteroatoms. The van der Waals surface area contributed by atoms with Gasteiger partial charge in [0.05, 0.1) is 4.92 Å².